The Balaban J connectivity index is 2.49. The Kier molecular flexibility index (Phi) is 2.35. The Hall–Kier alpha value is -0.470. The van der Waals surface area contributed by atoms with Crippen LogP contribution < -0.4 is 0 Å². The van der Waals surface area contributed by atoms with Gasteiger partial charge in [0.1, 0.15) is 0 Å². The lowest BCUT2D eigenvalue weighted by Crippen LogP contribution is -2.14. The number of benzene rings is 1. The molecule has 0 aliphatic carbocycles. The Morgan fingerprint density at radius 2 is 2.31 bits per heavy atom. The normalized spacial score (nSPS) is 21.4. The van der Waals surface area contributed by atoms with Gasteiger partial charge < -0.3 is 0 Å². The number of halogens is 1. The highest BCUT2D eigenvalue weighted by Crippen LogP contribution is 2.36. The molecule has 13 heavy (non-hydrogen) atoms. The molecule has 2 rings (SSSR count). The predicted octanol–water partition coefficient (Wildman–Crippen LogP) is 3.41. The molecule has 0 saturated carbocycles. The van der Waals surface area contributed by atoms with Crippen LogP contribution in [0.5, 0.6) is 0 Å². The smallest absolute Gasteiger partial charge is 0.165 e. The Morgan fingerprint density at radius 1 is 1.54 bits per heavy atom. The molecule has 0 saturated heterocycles. The zero-order chi connectivity index (χ0) is 9.42. The van der Waals surface area contributed by atoms with E-state index in [0.717, 1.165) is 10.5 Å². The molecule has 1 aromatic carbocycles. The van der Waals surface area contributed by atoms with E-state index in [-0.39, 0.29) is 5.78 Å². The van der Waals surface area contributed by atoms with Crippen LogP contribution in [0.15, 0.2) is 23.1 Å². The number of carbonyl (C=O) groups excluding carboxylic acids is 1. The third kappa shape index (κ3) is 1.74. The van der Waals surface area contributed by atoms with Crippen LogP contribution in [0.25, 0.3) is 0 Å². The average molecular weight is 213 g/mol. The molecule has 0 N–H and O–H groups in total. The number of hydrogen-bond acceptors (Lipinski definition) is 2. The van der Waals surface area contributed by atoms with Gasteiger partial charge in [-0.05, 0) is 18.2 Å². The summed E-state index contributed by atoms with van der Waals surface area (Å²) in [6.45, 7) is 2.06. The van der Waals surface area contributed by atoms with Crippen molar-refractivity contribution in [2.24, 2.45) is 0 Å². The second-order valence-corrected chi connectivity index (χ2v) is 5.11. The molecule has 1 unspecified atom stereocenters. The summed E-state index contributed by atoms with van der Waals surface area (Å²) in [4.78, 5) is 12.6. The molecule has 1 heterocycles. The molecule has 0 amide bonds. The minimum atomic E-state index is 0.234. The molecule has 1 aliphatic heterocycles. The first kappa shape index (κ1) is 9.10. The van der Waals surface area contributed by atoms with Gasteiger partial charge in [0, 0.05) is 27.2 Å². The van der Waals surface area contributed by atoms with Gasteiger partial charge in [-0.1, -0.05) is 18.5 Å². The lowest BCUT2D eigenvalue weighted by molar-refractivity contribution is 0.0978. The molecule has 3 heteroatoms. The second kappa shape index (κ2) is 3.35. The number of carbonyl (C=O) groups is 1. The van der Waals surface area contributed by atoms with E-state index in [1.807, 2.05) is 12.1 Å². The van der Waals surface area contributed by atoms with E-state index >= 15 is 0 Å². The molecule has 1 nitrogen and oxygen atoms in total. The fourth-order valence-electron chi connectivity index (χ4n) is 1.45. The maximum atomic E-state index is 11.6. The van der Waals surface area contributed by atoms with E-state index in [1.165, 1.54) is 0 Å². The first-order valence-electron chi connectivity index (χ1n) is 4.16. The third-order valence-corrected chi connectivity index (χ3v) is 3.44. The van der Waals surface area contributed by atoms with Crippen molar-refractivity contribution < 1.29 is 4.79 Å². The monoisotopic (exact) mass is 212 g/mol. The van der Waals surface area contributed by atoms with E-state index in [1.54, 1.807) is 17.8 Å². The van der Waals surface area contributed by atoms with Gasteiger partial charge in [-0.3, -0.25) is 4.79 Å². The maximum Gasteiger partial charge on any atom is 0.165 e. The maximum absolute atomic E-state index is 11.6. The van der Waals surface area contributed by atoms with Gasteiger partial charge in [-0.2, -0.15) is 0 Å². The van der Waals surface area contributed by atoms with Crippen LogP contribution >= 0.6 is 23.4 Å². The molecule has 1 atom stereocenters. The van der Waals surface area contributed by atoms with Crippen LogP contribution in [0, 0.1) is 0 Å². The van der Waals surface area contributed by atoms with E-state index in [0.29, 0.717) is 16.7 Å². The highest BCUT2D eigenvalue weighted by molar-refractivity contribution is 8.00. The van der Waals surface area contributed by atoms with Crippen LogP contribution in [-0.2, 0) is 0 Å². The fraction of sp³-hybridized carbons (Fsp3) is 0.300. The largest absolute Gasteiger partial charge is 0.294 e. The summed E-state index contributed by atoms with van der Waals surface area (Å²) in [6, 6.07) is 5.46. The molecular formula is C10H9ClOS. The van der Waals surface area contributed by atoms with Crippen molar-refractivity contribution in [3.05, 3.63) is 28.8 Å². The van der Waals surface area contributed by atoms with Crippen LogP contribution in [0.2, 0.25) is 5.02 Å². The van der Waals surface area contributed by atoms with Gasteiger partial charge >= 0.3 is 0 Å². The third-order valence-electron chi connectivity index (χ3n) is 2.05. The fourth-order valence-corrected chi connectivity index (χ4v) is 2.86. The highest BCUT2D eigenvalue weighted by Gasteiger charge is 2.22. The van der Waals surface area contributed by atoms with Gasteiger partial charge in [0.2, 0.25) is 0 Å². The van der Waals surface area contributed by atoms with E-state index < -0.39 is 0 Å². The van der Waals surface area contributed by atoms with Gasteiger partial charge in [0.15, 0.2) is 5.78 Å². The van der Waals surface area contributed by atoms with Crippen LogP contribution in [0.3, 0.4) is 0 Å². The number of fused-ring (bicyclic) bond motifs is 1. The van der Waals surface area contributed by atoms with Crippen molar-refractivity contribution in [1.82, 2.24) is 0 Å². The SMILES string of the molecule is CC1CC(=O)c2ccc(Cl)cc2S1. The van der Waals surface area contributed by atoms with Gasteiger partial charge in [-0.25, -0.2) is 0 Å². The van der Waals surface area contributed by atoms with E-state index in [9.17, 15) is 4.79 Å². The van der Waals surface area contributed by atoms with Gasteiger partial charge in [0.05, 0.1) is 0 Å². The van der Waals surface area contributed by atoms with Crippen molar-refractivity contribution in [2.45, 2.75) is 23.5 Å². The first-order valence-corrected chi connectivity index (χ1v) is 5.42. The van der Waals surface area contributed by atoms with Crippen molar-refractivity contribution in [1.29, 1.82) is 0 Å². The molecule has 0 fully saturated rings. The number of rotatable bonds is 0. The van der Waals surface area contributed by atoms with E-state index in [4.69, 9.17) is 11.6 Å². The Labute approximate surface area is 86.5 Å². The quantitative estimate of drug-likeness (QED) is 0.656. The summed E-state index contributed by atoms with van der Waals surface area (Å²) < 4.78 is 0. The standard InChI is InChI=1S/C10H9ClOS/c1-6-4-9(12)8-3-2-7(11)5-10(8)13-6/h2-3,5-6H,4H2,1H3. The lowest BCUT2D eigenvalue weighted by Gasteiger charge is -2.19. The van der Waals surface area contributed by atoms with Gasteiger partial charge in [-0.15, -0.1) is 11.8 Å². The number of Topliss-reactive ketones (excluding diaryl/α,β-unsaturated/α-hetero) is 1. The van der Waals surface area contributed by atoms with E-state index in [2.05, 4.69) is 6.92 Å². The van der Waals surface area contributed by atoms with Crippen LogP contribution in [0.1, 0.15) is 23.7 Å². The molecule has 1 aromatic rings. The number of hydrogen-bond donors (Lipinski definition) is 0. The molecule has 0 bridgehead atoms. The highest BCUT2D eigenvalue weighted by atomic mass is 35.5. The summed E-state index contributed by atoms with van der Waals surface area (Å²) in [6.07, 6.45) is 0.638. The van der Waals surface area contributed by atoms with Crippen LogP contribution in [0.4, 0.5) is 0 Å². The zero-order valence-electron chi connectivity index (χ0n) is 7.21. The summed E-state index contributed by atoms with van der Waals surface area (Å²) in [7, 11) is 0. The summed E-state index contributed by atoms with van der Waals surface area (Å²) in [5, 5.41) is 1.08. The molecule has 1 aliphatic rings. The predicted molar refractivity (Wildman–Crippen MR) is 55.7 cm³/mol. The summed E-state index contributed by atoms with van der Waals surface area (Å²) >= 11 is 7.57. The summed E-state index contributed by atoms with van der Waals surface area (Å²) in [5.74, 6) is 0.234. The number of thioether (sulfide) groups is 1. The minimum Gasteiger partial charge on any atom is -0.294 e. The molecular weight excluding hydrogens is 204 g/mol. The second-order valence-electron chi connectivity index (χ2n) is 3.20. The minimum absolute atomic E-state index is 0.234. The van der Waals surface area contributed by atoms with Crippen molar-refractivity contribution in [3.8, 4) is 0 Å². The number of ketones is 1. The summed E-state index contributed by atoms with van der Waals surface area (Å²) in [5.41, 5.74) is 0.826. The van der Waals surface area contributed by atoms with Gasteiger partial charge in [0.25, 0.3) is 0 Å². The zero-order valence-corrected chi connectivity index (χ0v) is 8.78. The van der Waals surface area contributed by atoms with Crippen molar-refractivity contribution in [2.75, 3.05) is 0 Å². The molecule has 68 valence electrons. The Morgan fingerprint density at radius 3 is 3.08 bits per heavy atom. The lowest BCUT2D eigenvalue weighted by atomic mass is 10.1. The topological polar surface area (TPSA) is 17.1 Å². The first-order chi connectivity index (χ1) is 6.16. The average Bonchev–Trinajstić information content (AvgIpc) is 2.02. The molecule has 0 radical (unpaired) electrons. The molecule has 0 spiro atoms. The molecule has 0 aromatic heterocycles. The van der Waals surface area contributed by atoms with Crippen molar-refractivity contribution >= 4 is 29.1 Å². The van der Waals surface area contributed by atoms with Crippen molar-refractivity contribution in [3.63, 3.8) is 0 Å². The van der Waals surface area contributed by atoms with Crippen LogP contribution in [-0.4, -0.2) is 11.0 Å². The Bertz CT molecular complexity index is 362.